The first-order valence-corrected chi connectivity index (χ1v) is 9.24. The highest BCUT2D eigenvalue weighted by Gasteiger charge is 2.29. The van der Waals surface area contributed by atoms with Crippen LogP contribution in [-0.2, 0) is 16.1 Å². The molecule has 4 rings (SSSR count). The normalized spacial score (nSPS) is 16.2. The summed E-state index contributed by atoms with van der Waals surface area (Å²) in [7, 11) is 0. The van der Waals surface area contributed by atoms with Gasteiger partial charge in [-0.25, -0.2) is 4.98 Å². The fourth-order valence-corrected chi connectivity index (χ4v) is 3.45. The quantitative estimate of drug-likeness (QED) is 0.709. The van der Waals surface area contributed by atoms with Crippen LogP contribution in [0.15, 0.2) is 53.9 Å². The van der Waals surface area contributed by atoms with Crippen molar-refractivity contribution in [3.63, 3.8) is 0 Å². The van der Waals surface area contributed by atoms with E-state index in [1.54, 1.807) is 18.2 Å². The Kier molecular flexibility index (Phi) is 5.01. The third kappa shape index (κ3) is 3.91. The van der Waals surface area contributed by atoms with Crippen molar-refractivity contribution in [2.24, 2.45) is 5.16 Å². The molecule has 1 aromatic carbocycles. The number of nitrogens with one attached hydrogen (secondary N) is 1. The molecule has 0 aliphatic carbocycles. The van der Waals surface area contributed by atoms with E-state index in [0.29, 0.717) is 35.1 Å². The van der Waals surface area contributed by atoms with E-state index < -0.39 is 6.10 Å². The molecule has 1 unspecified atom stereocenters. The molecule has 27 heavy (non-hydrogen) atoms. The van der Waals surface area contributed by atoms with Gasteiger partial charge >= 0.3 is 0 Å². The maximum Gasteiger partial charge on any atom is 0.264 e. The van der Waals surface area contributed by atoms with Gasteiger partial charge in [0.15, 0.2) is 0 Å². The Hall–Kier alpha value is -2.57. The summed E-state index contributed by atoms with van der Waals surface area (Å²) in [5, 5.41) is 7.91. The zero-order chi connectivity index (χ0) is 18.8. The topological polar surface area (TPSA) is 68.0 Å². The van der Waals surface area contributed by atoms with Crippen molar-refractivity contribution in [3.8, 4) is 0 Å². The zero-order valence-corrected chi connectivity index (χ0v) is 15.7. The third-order valence-electron chi connectivity index (χ3n) is 4.30. The molecule has 2 aromatic heterocycles. The molecule has 0 bridgehead atoms. The molecule has 138 valence electrons. The number of halogens is 2. The summed E-state index contributed by atoms with van der Waals surface area (Å²) >= 11 is 12.1. The average molecular weight is 403 g/mol. The van der Waals surface area contributed by atoms with E-state index in [1.165, 1.54) is 0 Å². The molecule has 6 nitrogen and oxygen atoms in total. The maximum atomic E-state index is 12.3. The van der Waals surface area contributed by atoms with Crippen molar-refractivity contribution in [2.75, 3.05) is 6.54 Å². The lowest BCUT2D eigenvalue weighted by molar-refractivity contribution is -0.131. The summed E-state index contributed by atoms with van der Waals surface area (Å²) in [6.07, 6.45) is 4.24. The number of aromatic nitrogens is 2. The number of benzene rings is 1. The smallest absolute Gasteiger partial charge is 0.264 e. The van der Waals surface area contributed by atoms with Gasteiger partial charge < -0.3 is 14.6 Å². The lowest BCUT2D eigenvalue weighted by Crippen LogP contribution is -2.36. The zero-order valence-electron chi connectivity index (χ0n) is 14.2. The fraction of sp³-hybridized carbons (Fsp3) is 0.211. The van der Waals surface area contributed by atoms with Crippen LogP contribution in [0.2, 0.25) is 10.0 Å². The highest BCUT2D eigenvalue weighted by Crippen LogP contribution is 2.26. The Bertz CT molecular complexity index is 998. The molecule has 1 atom stereocenters. The van der Waals surface area contributed by atoms with E-state index in [9.17, 15) is 4.79 Å². The van der Waals surface area contributed by atoms with Crippen LogP contribution in [-0.4, -0.2) is 33.7 Å². The Balaban J connectivity index is 1.30. The third-order valence-corrected chi connectivity index (χ3v) is 4.85. The van der Waals surface area contributed by atoms with Crippen molar-refractivity contribution in [3.05, 3.63) is 70.1 Å². The SMILES string of the molecule is O=C(NCCc1cn2ccccc2n1)C1CC(c2ccc(Cl)cc2Cl)=NO1. The van der Waals surface area contributed by atoms with E-state index in [4.69, 9.17) is 28.0 Å². The van der Waals surface area contributed by atoms with E-state index in [0.717, 1.165) is 16.9 Å². The van der Waals surface area contributed by atoms with Gasteiger partial charge in [-0.3, -0.25) is 4.79 Å². The molecule has 1 aliphatic rings. The standard InChI is InChI=1S/C19H16Cl2N4O2/c20-12-4-5-14(15(21)9-12)16-10-17(27-24-16)19(26)22-7-6-13-11-25-8-2-1-3-18(25)23-13/h1-5,8-9,11,17H,6-7,10H2,(H,22,26). The molecule has 1 aliphatic heterocycles. The van der Waals surface area contributed by atoms with Crippen LogP contribution in [0.1, 0.15) is 17.7 Å². The number of amides is 1. The summed E-state index contributed by atoms with van der Waals surface area (Å²) < 4.78 is 1.95. The maximum absolute atomic E-state index is 12.3. The first-order chi connectivity index (χ1) is 13.1. The Labute approximate surface area is 165 Å². The second kappa shape index (κ2) is 7.58. The molecule has 8 heteroatoms. The highest BCUT2D eigenvalue weighted by molar-refractivity contribution is 6.37. The van der Waals surface area contributed by atoms with E-state index in [2.05, 4.69) is 15.5 Å². The second-order valence-corrected chi connectivity index (χ2v) is 7.04. The van der Waals surface area contributed by atoms with E-state index in [-0.39, 0.29) is 5.91 Å². The van der Waals surface area contributed by atoms with Gasteiger partial charge in [-0.2, -0.15) is 0 Å². The second-order valence-electron chi connectivity index (χ2n) is 6.20. The van der Waals surface area contributed by atoms with E-state index >= 15 is 0 Å². The summed E-state index contributed by atoms with van der Waals surface area (Å²) in [6.45, 7) is 0.472. The van der Waals surface area contributed by atoms with Crippen molar-refractivity contribution in [1.82, 2.24) is 14.7 Å². The monoisotopic (exact) mass is 402 g/mol. The van der Waals surface area contributed by atoms with Crippen LogP contribution < -0.4 is 5.32 Å². The molecule has 0 spiro atoms. The van der Waals surface area contributed by atoms with Crippen LogP contribution in [0, 0.1) is 0 Å². The summed E-state index contributed by atoms with van der Waals surface area (Å²) in [5.41, 5.74) is 3.16. The Morgan fingerprint density at radius 2 is 2.19 bits per heavy atom. The minimum absolute atomic E-state index is 0.206. The number of rotatable bonds is 5. The predicted octanol–water partition coefficient (Wildman–Crippen LogP) is 3.49. The van der Waals surface area contributed by atoms with Crippen molar-refractivity contribution >= 4 is 40.5 Å². The number of pyridine rings is 1. The van der Waals surface area contributed by atoms with Crippen LogP contribution in [0.5, 0.6) is 0 Å². The number of hydrogen-bond donors (Lipinski definition) is 1. The van der Waals surface area contributed by atoms with Gasteiger partial charge in [0.2, 0.25) is 6.10 Å². The molecule has 0 saturated heterocycles. The fourth-order valence-electron chi connectivity index (χ4n) is 2.94. The molecule has 1 N–H and O–H groups in total. The number of carbonyl (C=O) groups excluding carboxylic acids is 1. The van der Waals surface area contributed by atoms with Gasteiger partial charge in [0.1, 0.15) is 5.65 Å². The van der Waals surface area contributed by atoms with E-state index in [1.807, 2.05) is 35.0 Å². The number of carbonyl (C=O) groups is 1. The molecular weight excluding hydrogens is 387 g/mol. The first-order valence-electron chi connectivity index (χ1n) is 8.48. The highest BCUT2D eigenvalue weighted by atomic mass is 35.5. The molecule has 1 amide bonds. The lowest BCUT2D eigenvalue weighted by atomic mass is 10.0. The van der Waals surface area contributed by atoms with Crippen molar-refractivity contribution in [1.29, 1.82) is 0 Å². The minimum Gasteiger partial charge on any atom is -0.382 e. The number of oxime groups is 1. The summed E-state index contributed by atoms with van der Waals surface area (Å²) in [5.74, 6) is -0.206. The average Bonchev–Trinajstić information content (AvgIpc) is 3.28. The number of fused-ring (bicyclic) bond motifs is 1. The van der Waals surface area contributed by atoms with Gasteiger partial charge in [-0.05, 0) is 24.3 Å². The molecular formula is C19H16Cl2N4O2. The minimum atomic E-state index is -0.659. The van der Waals surface area contributed by atoms with Crippen molar-refractivity contribution in [2.45, 2.75) is 18.9 Å². The number of hydrogen-bond acceptors (Lipinski definition) is 4. The first kappa shape index (κ1) is 17.8. The number of imidazole rings is 1. The molecule has 0 radical (unpaired) electrons. The Morgan fingerprint density at radius 3 is 3.00 bits per heavy atom. The van der Waals surface area contributed by atoms with Crippen LogP contribution in [0.3, 0.4) is 0 Å². The Morgan fingerprint density at radius 1 is 1.30 bits per heavy atom. The van der Waals surface area contributed by atoms with Gasteiger partial charge in [0, 0.05) is 42.4 Å². The molecule has 0 fully saturated rings. The summed E-state index contributed by atoms with van der Waals surface area (Å²) in [4.78, 5) is 22.1. The predicted molar refractivity (Wildman–Crippen MR) is 104 cm³/mol. The van der Waals surface area contributed by atoms with Gasteiger partial charge in [0.05, 0.1) is 16.4 Å². The van der Waals surface area contributed by atoms with Gasteiger partial charge in [-0.1, -0.05) is 40.5 Å². The van der Waals surface area contributed by atoms with Gasteiger partial charge in [-0.15, -0.1) is 0 Å². The molecule has 3 heterocycles. The van der Waals surface area contributed by atoms with Gasteiger partial charge in [0.25, 0.3) is 5.91 Å². The summed E-state index contributed by atoms with van der Waals surface area (Å²) in [6, 6.07) is 11.0. The van der Waals surface area contributed by atoms with Crippen LogP contribution >= 0.6 is 23.2 Å². The lowest BCUT2D eigenvalue weighted by Gasteiger charge is -2.09. The number of nitrogens with zero attached hydrogens (tertiary/aromatic N) is 3. The van der Waals surface area contributed by atoms with Crippen molar-refractivity contribution < 1.29 is 9.63 Å². The molecule has 0 saturated carbocycles. The van der Waals surface area contributed by atoms with Crippen LogP contribution in [0.4, 0.5) is 0 Å². The van der Waals surface area contributed by atoms with Crippen LogP contribution in [0.25, 0.3) is 5.65 Å². The molecule has 3 aromatic rings. The largest absolute Gasteiger partial charge is 0.382 e.